The molecule has 1 fully saturated rings. The largest absolute Gasteiger partial charge is 0.397 e. The number of nitrogens with one attached hydrogen (secondary N) is 2. The first-order valence-corrected chi connectivity index (χ1v) is 13.3. The van der Waals surface area contributed by atoms with Gasteiger partial charge in [-0.1, -0.05) is 43.0 Å². The highest BCUT2D eigenvalue weighted by Gasteiger charge is 2.14. The van der Waals surface area contributed by atoms with Crippen molar-refractivity contribution in [3.05, 3.63) is 102 Å². The minimum absolute atomic E-state index is 0.197. The maximum atomic E-state index is 14.0. The van der Waals surface area contributed by atoms with E-state index in [1.807, 2.05) is 24.3 Å². The van der Waals surface area contributed by atoms with Gasteiger partial charge in [0.15, 0.2) is 0 Å². The summed E-state index contributed by atoms with van der Waals surface area (Å²) in [5.74, 6) is 0.258. The van der Waals surface area contributed by atoms with Gasteiger partial charge in [0.05, 0.1) is 30.4 Å². The molecule has 0 saturated carbocycles. The summed E-state index contributed by atoms with van der Waals surface area (Å²) >= 11 is 0. The van der Waals surface area contributed by atoms with Crippen LogP contribution < -0.4 is 16.4 Å². The first-order chi connectivity index (χ1) is 19.0. The van der Waals surface area contributed by atoms with Crippen molar-refractivity contribution in [2.75, 3.05) is 57.0 Å². The maximum absolute atomic E-state index is 14.0. The van der Waals surface area contributed by atoms with E-state index in [1.54, 1.807) is 36.5 Å². The Morgan fingerprint density at radius 1 is 1.10 bits per heavy atom. The zero-order valence-electron chi connectivity index (χ0n) is 22.2. The number of ether oxygens (including phenoxy) is 1. The van der Waals surface area contributed by atoms with Crippen LogP contribution in [0.5, 0.6) is 0 Å². The van der Waals surface area contributed by atoms with Crippen LogP contribution in [0, 0.1) is 5.82 Å². The minimum Gasteiger partial charge on any atom is -0.397 e. The number of nitrogens with zero attached hydrogens (tertiary/aromatic N) is 3. The van der Waals surface area contributed by atoms with E-state index in [9.17, 15) is 9.18 Å². The van der Waals surface area contributed by atoms with Crippen LogP contribution in [0.4, 0.5) is 15.8 Å². The first kappa shape index (κ1) is 28.1. The number of anilines is 2. The molecule has 0 spiro atoms. The third-order valence-corrected chi connectivity index (χ3v) is 6.71. The molecule has 2 aromatic carbocycles. The van der Waals surface area contributed by atoms with Crippen LogP contribution in [0.25, 0.3) is 0 Å². The topological polar surface area (TPSA) is 95.8 Å². The van der Waals surface area contributed by atoms with Crippen LogP contribution in [0.15, 0.2) is 79.3 Å². The fourth-order valence-corrected chi connectivity index (χ4v) is 4.44. The molecule has 0 atom stereocenters. The molecular weight excluding hydrogens is 495 g/mol. The van der Waals surface area contributed by atoms with Gasteiger partial charge in [0.25, 0.3) is 5.91 Å². The molecule has 4 N–H and O–H groups in total. The van der Waals surface area contributed by atoms with Gasteiger partial charge < -0.3 is 26.0 Å². The lowest BCUT2D eigenvalue weighted by atomic mass is 10.1. The lowest BCUT2D eigenvalue weighted by Gasteiger charge is -2.30. The molecule has 4 rings (SSSR count). The fraction of sp³-hybridized carbons (Fsp3) is 0.333. The summed E-state index contributed by atoms with van der Waals surface area (Å²) < 4.78 is 19.5. The molecule has 0 bridgehead atoms. The molecule has 1 amide bonds. The second-order valence-corrected chi connectivity index (χ2v) is 9.54. The number of carbonyl (C=O) groups excluding carboxylic acids is 1. The van der Waals surface area contributed by atoms with Crippen molar-refractivity contribution < 1.29 is 13.9 Å². The fourth-order valence-electron chi connectivity index (χ4n) is 4.44. The number of aromatic nitrogens is 1. The molecule has 0 radical (unpaired) electrons. The van der Waals surface area contributed by atoms with Crippen LogP contribution in [-0.4, -0.2) is 66.6 Å². The zero-order valence-corrected chi connectivity index (χ0v) is 22.2. The normalized spacial score (nSPS) is 13.6. The van der Waals surface area contributed by atoms with Gasteiger partial charge in [0.1, 0.15) is 11.5 Å². The number of pyridine rings is 1. The summed E-state index contributed by atoms with van der Waals surface area (Å²) in [6, 6.07) is 17.5. The Bertz CT molecular complexity index is 1230. The van der Waals surface area contributed by atoms with Crippen molar-refractivity contribution in [1.29, 1.82) is 0 Å². The van der Waals surface area contributed by atoms with E-state index in [4.69, 9.17) is 10.5 Å². The number of hydrogen-bond acceptors (Lipinski definition) is 7. The van der Waals surface area contributed by atoms with Gasteiger partial charge in [-0.05, 0) is 48.2 Å². The lowest BCUT2D eigenvalue weighted by Crippen LogP contribution is -2.39. The maximum Gasteiger partial charge on any atom is 0.274 e. The van der Waals surface area contributed by atoms with Gasteiger partial charge >= 0.3 is 0 Å². The van der Waals surface area contributed by atoms with Gasteiger partial charge in [0.2, 0.25) is 0 Å². The number of para-hydroxylation sites is 2. The molecule has 1 aromatic heterocycles. The van der Waals surface area contributed by atoms with E-state index >= 15 is 0 Å². The van der Waals surface area contributed by atoms with Gasteiger partial charge in [0, 0.05) is 45.5 Å². The number of hydrogen-bond donors (Lipinski definition) is 3. The first-order valence-electron chi connectivity index (χ1n) is 13.3. The molecule has 1 saturated heterocycles. The number of rotatable bonds is 13. The van der Waals surface area contributed by atoms with Crippen LogP contribution in [0.3, 0.4) is 0 Å². The third kappa shape index (κ3) is 8.53. The molecule has 2 heterocycles. The average molecular weight is 533 g/mol. The van der Waals surface area contributed by atoms with Crippen molar-refractivity contribution in [3.8, 4) is 0 Å². The monoisotopic (exact) mass is 532 g/mol. The second-order valence-electron chi connectivity index (χ2n) is 9.54. The molecule has 1 aliphatic rings. The Hall–Kier alpha value is -3.95. The number of morpholine rings is 1. The molecule has 9 heteroatoms. The SMILES string of the molecule is C=C(NCCc1ccccc1F)N(CCCN1CCOCC1)Cc1ccc(C(=O)Nc2ccccc2N)nc1. The summed E-state index contributed by atoms with van der Waals surface area (Å²) in [5.41, 5.74) is 8.92. The van der Waals surface area contributed by atoms with Gasteiger partial charge in [-0.3, -0.25) is 14.7 Å². The standard InChI is InChI=1S/C30H37FN6O2/c1-23(33-14-13-25-7-2-3-8-26(25)31)37(16-6-15-36-17-19-39-20-18-36)22-24-11-12-29(34-21-24)30(38)35-28-10-5-4-9-27(28)32/h2-5,7-12,21,33H,1,6,13-20,22,32H2,(H,35,38). The molecule has 8 nitrogen and oxygen atoms in total. The van der Waals surface area contributed by atoms with Crippen molar-refractivity contribution >= 4 is 17.3 Å². The Morgan fingerprint density at radius 2 is 1.87 bits per heavy atom. The molecule has 39 heavy (non-hydrogen) atoms. The van der Waals surface area contributed by atoms with E-state index in [0.717, 1.165) is 57.2 Å². The highest BCUT2D eigenvalue weighted by molar-refractivity contribution is 6.04. The summed E-state index contributed by atoms with van der Waals surface area (Å²) in [7, 11) is 0. The Balaban J connectivity index is 1.35. The number of benzene rings is 2. The minimum atomic E-state index is -0.318. The average Bonchev–Trinajstić information content (AvgIpc) is 2.95. The van der Waals surface area contributed by atoms with Crippen molar-refractivity contribution in [2.24, 2.45) is 0 Å². The highest BCUT2D eigenvalue weighted by Crippen LogP contribution is 2.18. The summed E-state index contributed by atoms with van der Waals surface area (Å²) in [6.45, 7) is 10.6. The number of amides is 1. The Morgan fingerprint density at radius 3 is 2.62 bits per heavy atom. The Labute approximate surface area is 229 Å². The smallest absolute Gasteiger partial charge is 0.274 e. The molecule has 206 valence electrons. The molecular formula is C30H37FN6O2. The number of nitrogens with two attached hydrogens (primary N) is 1. The second kappa shape index (κ2) is 14.3. The summed E-state index contributed by atoms with van der Waals surface area (Å²) in [4.78, 5) is 21.6. The van der Waals surface area contributed by atoms with Crippen molar-refractivity contribution in [2.45, 2.75) is 19.4 Å². The molecule has 0 aliphatic carbocycles. The van der Waals surface area contributed by atoms with E-state index in [1.165, 1.54) is 6.07 Å². The van der Waals surface area contributed by atoms with E-state index < -0.39 is 0 Å². The van der Waals surface area contributed by atoms with E-state index in [0.29, 0.717) is 42.1 Å². The van der Waals surface area contributed by atoms with Crippen molar-refractivity contribution in [1.82, 2.24) is 20.1 Å². The molecule has 1 aliphatic heterocycles. The van der Waals surface area contributed by atoms with Crippen molar-refractivity contribution in [3.63, 3.8) is 0 Å². The van der Waals surface area contributed by atoms with Crippen LogP contribution >= 0.6 is 0 Å². The predicted octanol–water partition coefficient (Wildman–Crippen LogP) is 3.88. The summed E-state index contributed by atoms with van der Waals surface area (Å²) in [5, 5.41) is 6.17. The Kier molecular flexibility index (Phi) is 10.3. The molecule has 0 unspecified atom stereocenters. The van der Waals surface area contributed by atoms with E-state index in [-0.39, 0.29) is 11.7 Å². The highest BCUT2D eigenvalue weighted by atomic mass is 19.1. The number of carbonyl (C=O) groups is 1. The summed E-state index contributed by atoms with van der Waals surface area (Å²) in [6.07, 6.45) is 3.23. The van der Waals surface area contributed by atoms with Crippen LogP contribution in [0.1, 0.15) is 28.0 Å². The molecule has 3 aromatic rings. The number of halogens is 1. The zero-order chi connectivity index (χ0) is 27.5. The predicted molar refractivity (Wildman–Crippen MR) is 153 cm³/mol. The lowest BCUT2D eigenvalue weighted by molar-refractivity contribution is 0.0363. The van der Waals surface area contributed by atoms with Crippen LogP contribution in [-0.2, 0) is 17.7 Å². The number of nitrogen functional groups attached to an aromatic ring is 1. The van der Waals surface area contributed by atoms with Gasteiger partial charge in [-0.2, -0.15) is 0 Å². The third-order valence-electron chi connectivity index (χ3n) is 6.71. The quantitative estimate of drug-likeness (QED) is 0.288. The van der Waals surface area contributed by atoms with Gasteiger partial charge in [-0.25, -0.2) is 4.39 Å². The van der Waals surface area contributed by atoms with Gasteiger partial charge in [-0.15, -0.1) is 0 Å². The van der Waals surface area contributed by atoms with Crippen LogP contribution in [0.2, 0.25) is 0 Å². The van der Waals surface area contributed by atoms with E-state index in [2.05, 4.69) is 32.0 Å².